The van der Waals surface area contributed by atoms with E-state index in [1.807, 2.05) is 37.5 Å². The third-order valence-corrected chi connectivity index (χ3v) is 3.80. The summed E-state index contributed by atoms with van der Waals surface area (Å²) in [5, 5.41) is 3.41. The molecule has 3 nitrogen and oxygen atoms in total. The maximum atomic E-state index is 4.50. The Balaban J connectivity index is 1.70. The molecule has 1 heterocycles. The number of nitrogens with zero attached hydrogens (tertiary/aromatic N) is 2. The zero-order valence-corrected chi connectivity index (χ0v) is 13.5. The number of benzene rings is 2. The molecule has 2 aromatic carbocycles. The van der Waals surface area contributed by atoms with Gasteiger partial charge in [-0.15, -0.1) is 0 Å². The van der Waals surface area contributed by atoms with E-state index in [0.717, 1.165) is 18.2 Å². The summed E-state index contributed by atoms with van der Waals surface area (Å²) in [5.74, 6) is 0.879. The van der Waals surface area contributed by atoms with Crippen LogP contribution in [-0.4, -0.2) is 16.1 Å². The van der Waals surface area contributed by atoms with Crippen molar-refractivity contribution < 1.29 is 0 Å². The Morgan fingerprint density at radius 3 is 2.39 bits per heavy atom. The molecule has 0 spiro atoms. The van der Waals surface area contributed by atoms with E-state index >= 15 is 0 Å². The number of aromatic nitrogens is 2. The van der Waals surface area contributed by atoms with Crippen LogP contribution in [0.1, 0.15) is 12.5 Å². The minimum atomic E-state index is 0.772. The molecule has 0 atom stereocenters. The molecule has 1 aromatic heterocycles. The molecule has 1 N–H and O–H groups in total. The molecule has 0 fully saturated rings. The molecule has 0 aliphatic carbocycles. The normalized spacial score (nSPS) is 11.5. The lowest BCUT2D eigenvalue weighted by molar-refractivity contribution is 0.916. The topological polar surface area (TPSA) is 29.9 Å². The quantitative estimate of drug-likeness (QED) is 0.746. The second-order valence-electron chi connectivity index (χ2n) is 5.65. The first-order chi connectivity index (χ1) is 11.2. The Labute approximate surface area is 137 Å². The fourth-order valence-electron chi connectivity index (χ4n) is 2.55. The molecular formula is C20H21N3. The van der Waals surface area contributed by atoms with E-state index in [4.69, 9.17) is 0 Å². The summed E-state index contributed by atoms with van der Waals surface area (Å²) in [6.07, 6.45) is 4.10. The maximum absolute atomic E-state index is 4.50. The van der Waals surface area contributed by atoms with Crippen LogP contribution in [0.2, 0.25) is 0 Å². The highest BCUT2D eigenvalue weighted by atomic mass is 15.2. The Bertz CT molecular complexity index is 786. The molecule has 0 saturated heterocycles. The van der Waals surface area contributed by atoms with Gasteiger partial charge in [0.15, 0.2) is 0 Å². The van der Waals surface area contributed by atoms with Crippen LogP contribution >= 0.6 is 0 Å². The third-order valence-electron chi connectivity index (χ3n) is 3.80. The molecule has 0 aliphatic rings. The summed E-state index contributed by atoms with van der Waals surface area (Å²) in [5.41, 5.74) is 4.77. The third kappa shape index (κ3) is 3.69. The minimum absolute atomic E-state index is 0.772. The number of nitrogens with one attached hydrogen (secondary N) is 1. The molecule has 3 rings (SSSR count). The van der Waals surface area contributed by atoms with Crippen LogP contribution in [-0.2, 0) is 7.05 Å². The van der Waals surface area contributed by atoms with E-state index in [1.54, 1.807) is 0 Å². The van der Waals surface area contributed by atoms with Crippen molar-refractivity contribution in [2.75, 3.05) is 11.9 Å². The number of anilines is 1. The monoisotopic (exact) mass is 303 g/mol. The van der Waals surface area contributed by atoms with E-state index in [-0.39, 0.29) is 0 Å². The molecule has 0 unspecified atom stereocenters. The molecular weight excluding hydrogens is 282 g/mol. The second kappa shape index (κ2) is 6.97. The van der Waals surface area contributed by atoms with Gasteiger partial charge in [0.05, 0.1) is 11.9 Å². The van der Waals surface area contributed by atoms with Gasteiger partial charge < -0.3 is 9.88 Å². The summed E-state index contributed by atoms with van der Waals surface area (Å²) in [4.78, 5) is 4.50. The predicted molar refractivity (Wildman–Crippen MR) is 97.2 cm³/mol. The van der Waals surface area contributed by atoms with Crippen molar-refractivity contribution in [3.05, 3.63) is 78.0 Å². The second-order valence-corrected chi connectivity index (χ2v) is 5.65. The standard InChI is InChI=1S/C20H21N3/c1-16(13-17-9-5-3-6-10-17)14-21-20-22-15-19(23(20)2)18-11-7-4-8-12-18/h3-13,15H,14H2,1-2H3,(H,21,22). The Morgan fingerprint density at radius 2 is 1.70 bits per heavy atom. The lowest BCUT2D eigenvalue weighted by atomic mass is 10.1. The van der Waals surface area contributed by atoms with Gasteiger partial charge in [0.2, 0.25) is 5.95 Å². The van der Waals surface area contributed by atoms with Crippen LogP contribution < -0.4 is 5.32 Å². The van der Waals surface area contributed by atoms with Gasteiger partial charge in [0.1, 0.15) is 0 Å². The Morgan fingerprint density at radius 1 is 1.04 bits per heavy atom. The number of imidazole rings is 1. The van der Waals surface area contributed by atoms with Crippen LogP contribution in [0.15, 0.2) is 72.4 Å². The van der Waals surface area contributed by atoms with Crippen molar-refractivity contribution in [2.45, 2.75) is 6.92 Å². The summed E-state index contributed by atoms with van der Waals surface area (Å²) in [7, 11) is 2.04. The van der Waals surface area contributed by atoms with E-state index < -0.39 is 0 Å². The first kappa shape index (κ1) is 15.1. The lowest BCUT2D eigenvalue weighted by Gasteiger charge is -2.09. The van der Waals surface area contributed by atoms with Crippen molar-refractivity contribution in [1.82, 2.24) is 9.55 Å². The molecule has 0 bridgehead atoms. The number of rotatable bonds is 5. The van der Waals surface area contributed by atoms with Crippen LogP contribution in [0.3, 0.4) is 0 Å². The van der Waals surface area contributed by atoms with Gasteiger partial charge in [-0.05, 0) is 18.1 Å². The Hall–Kier alpha value is -2.81. The van der Waals surface area contributed by atoms with E-state index in [2.05, 4.69) is 64.3 Å². The molecule has 0 radical (unpaired) electrons. The number of hydrogen-bond donors (Lipinski definition) is 1. The first-order valence-corrected chi connectivity index (χ1v) is 7.77. The lowest BCUT2D eigenvalue weighted by Crippen LogP contribution is -2.08. The average Bonchev–Trinajstić information content (AvgIpc) is 2.95. The molecule has 116 valence electrons. The van der Waals surface area contributed by atoms with Gasteiger partial charge in [-0.25, -0.2) is 4.98 Å². The van der Waals surface area contributed by atoms with Crippen LogP contribution in [0, 0.1) is 0 Å². The van der Waals surface area contributed by atoms with Crippen molar-refractivity contribution in [3.63, 3.8) is 0 Å². The summed E-state index contributed by atoms with van der Waals surface area (Å²) in [6.45, 7) is 2.90. The van der Waals surface area contributed by atoms with E-state index in [1.165, 1.54) is 16.7 Å². The average molecular weight is 303 g/mol. The molecule has 3 aromatic rings. The molecule has 23 heavy (non-hydrogen) atoms. The van der Waals surface area contributed by atoms with E-state index in [9.17, 15) is 0 Å². The highest BCUT2D eigenvalue weighted by Crippen LogP contribution is 2.21. The molecule has 0 amide bonds. The van der Waals surface area contributed by atoms with Crippen LogP contribution in [0.25, 0.3) is 17.3 Å². The van der Waals surface area contributed by atoms with Gasteiger partial charge in [-0.1, -0.05) is 72.3 Å². The fourth-order valence-corrected chi connectivity index (χ4v) is 2.55. The van der Waals surface area contributed by atoms with Crippen LogP contribution in [0.5, 0.6) is 0 Å². The highest BCUT2D eigenvalue weighted by molar-refractivity contribution is 5.61. The van der Waals surface area contributed by atoms with E-state index in [0.29, 0.717) is 0 Å². The van der Waals surface area contributed by atoms with Gasteiger partial charge in [-0.3, -0.25) is 0 Å². The fraction of sp³-hybridized carbons (Fsp3) is 0.150. The molecule has 3 heteroatoms. The zero-order valence-electron chi connectivity index (χ0n) is 13.5. The highest BCUT2D eigenvalue weighted by Gasteiger charge is 2.07. The van der Waals surface area contributed by atoms with Gasteiger partial charge >= 0.3 is 0 Å². The maximum Gasteiger partial charge on any atom is 0.203 e. The predicted octanol–water partition coefficient (Wildman–Crippen LogP) is 4.60. The van der Waals surface area contributed by atoms with Crippen molar-refractivity contribution in [3.8, 4) is 11.3 Å². The zero-order chi connectivity index (χ0) is 16.1. The summed E-state index contributed by atoms with van der Waals surface area (Å²) < 4.78 is 2.09. The minimum Gasteiger partial charge on any atom is -0.352 e. The Kier molecular flexibility index (Phi) is 4.57. The number of hydrogen-bond acceptors (Lipinski definition) is 2. The van der Waals surface area contributed by atoms with Gasteiger partial charge in [0.25, 0.3) is 0 Å². The smallest absolute Gasteiger partial charge is 0.203 e. The largest absolute Gasteiger partial charge is 0.352 e. The van der Waals surface area contributed by atoms with Gasteiger partial charge in [0, 0.05) is 13.6 Å². The van der Waals surface area contributed by atoms with Crippen LogP contribution in [0.4, 0.5) is 5.95 Å². The van der Waals surface area contributed by atoms with Crippen molar-refractivity contribution in [1.29, 1.82) is 0 Å². The molecule has 0 aliphatic heterocycles. The summed E-state index contributed by atoms with van der Waals surface area (Å²) in [6, 6.07) is 20.7. The van der Waals surface area contributed by atoms with Crippen molar-refractivity contribution in [2.24, 2.45) is 7.05 Å². The SMILES string of the molecule is CC(=Cc1ccccc1)CNc1ncc(-c2ccccc2)n1C. The first-order valence-electron chi connectivity index (χ1n) is 7.77. The van der Waals surface area contributed by atoms with Gasteiger partial charge in [-0.2, -0.15) is 0 Å². The summed E-state index contributed by atoms with van der Waals surface area (Å²) >= 11 is 0. The molecule has 0 saturated carbocycles. The van der Waals surface area contributed by atoms with Crippen molar-refractivity contribution >= 4 is 12.0 Å².